The predicted molar refractivity (Wildman–Crippen MR) is 198 cm³/mol. The van der Waals surface area contributed by atoms with E-state index in [0.29, 0.717) is 5.69 Å². The van der Waals surface area contributed by atoms with Crippen LogP contribution in [0.25, 0.3) is 96.7 Å². The molecule has 3 heterocycles. The van der Waals surface area contributed by atoms with Crippen LogP contribution in [0.15, 0.2) is 150 Å². The molecule has 0 bridgehead atoms. The van der Waals surface area contributed by atoms with Crippen molar-refractivity contribution in [3.05, 3.63) is 157 Å². The van der Waals surface area contributed by atoms with Crippen LogP contribution in [0.5, 0.6) is 0 Å². The Hall–Kier alpha value is -6.15. The van der Waals surface area contributed by atoms with Crippen LogP contribution in [0.4, 0.5) is 5.69 Å². The van der Waals surface area contributed by atoms with Gasteiger partial charge >= 0.3 is 0 Å². The Labute approximate surface area is 274 Å². The van der Waals surface area contributed by atoms with Crippen molar-refractivity contribution in [3.8, 4) is 27.9 Å². The summed E-state index contributed by atoms with van der Waals surface area (Å²) in [5.41, 5.74) is 10.4. The Bertz CT molecular complexity index is 2920. The number of furan rings is 1. The summed E-state index contributed by atoms with van der Waals surface area (Å²) in [6, 6.07) is 51.3. The number of thiophene rings is 1. The fourth-order valence-corrected chi connectivity index (χ4v) is 8.60. The molecule has 0 saturated heterocycles. The van der Waals surface area contributed by atoms with Crippen molar-refractivity contribution in [2.45, 2.75) is 0 Å². The first-order chi connectivity index (χ1) is 23.3. The molecule has 0 spiro atoms. The van der Waals surface area contributed by atoms with Gasteiger partial charge in [-0.15, -0.1) is 11.3 Å². The summed E-state index contributed by atoms with van der Waals surface area (Å²) in [5, 5.41) is 6.94. The molecule has 0 aliphatic rings. The molecule has 3 nitrogen and oxygen atoms in total. The fraction of sp³-hybridized carbons (Fsp3) is 0. The van der Waals surface area contributed by atoms with Crippen molar-refractivity contribution in [3.63, 3.8) is 0 Å². The SMILES string of the molecule is [C-]#[N+]c1ccc(-c2ccc3c(c2)oc2ccccc23)c2c1sc1c(-n3c4ccccc4c4ccc(-c5ccccc5)cc43)cccc12. The van der Waals surface area contributed by atoms with Crippen LogP contribution in [0.1, 0.15) is 0 Å². The van der Waals surface area contributed by atoms with E-state index in [9.17, 15) is 0 Å². The second-order valence-corrected chi connectivity index (χ2v) is 13.0. The van der Waals surface area contributed by atoms with Crippen LogP contribution in [-0.4, -0.2) is 4.57 Å². The number of hydrogen-bond acceptors (Lipinski definition) is 2. The zero-order valence-corrected chi connectivity index (χ0v) is 25.9. The van der Waals surface area contributed by atoms with Crippen LogP contribution in [0, 0.1) is 6.57 Å². The van der Waals surface area contributed by atoms with E-state index in [0.717, 1.165) is 58.9 Å². The van der Waals surface area contributed by atoms with E-state index < -0.39 is 0 Å². The maximum Gasteiger partial charge on any atom is 0.204 e. The van der Waals surface area contributed by atoms with E-state index in [1.54, 1.807) is 11.3 Å². The van der Waals surface area contributed by atoms with Crippen LogP contribution < -0.4 is 0 Å². The molecule has 0 amide bonds. The molecular weight excluding hydrogens is 593 g/mol. The number of fused-ring (bicyclic) bond motifs is 9. The lowest BCUT2D eigenvalue weighted by molar-refractivity contribution is 0.669. The van der Waals surface area contributed by atoms with E-state index in [4.69, 9.17) is 11.0 Å². The van der Waals surface area contributed by atoms with Crippen molar-refractivity contribution in [1.82, 2.24) is 4.57 Å². The molecule has 7 aromatic carbocycles. The van der Waals surface area contributed by atoms with Gasteiger partial charge in [0, 0.05) is 31.6 Å². The highest BCUT2D eigenvalue weighted by Crippen LogP contribution is 2.48. The third-order valence-electron chi connectivity index (χ3n) is 9.44. The fourth-order valence-electron chi connectivity index (χ4n) is 7.31. The monoisotopic (exact) mass is 616 g/mol. The highest BCUT2D eigenvalue weighted by atomic mass is 32.1. The molecule has 0 unspecified atom stereocenters. The zero-order chi connectivity index (χ0) is 31.1. The highest BCUT2D eigenvalue weighted by Gasteiger charge is 2.20. The van der Waals surface area contributed by atoms with Gasteiger partial charge in [-0.05, 0) is 64.0 Å². The van der Waals surface area contributed by atoms with Gasteiger partial charge in [0.25, 0.3) is 0 Å². The van der Waals surface area contributed by atoms with Gasteiger partial charge in [0.1, 0.15) is 11.2 Å². The average molecular weight is 617 g/mol. The minimum Gasteiger partial charge on any atom is -0.456 e. The summed E-state index contributed by atoms with van der Waals surface area (Å²) in [6.45, 7) is 8.07. The second-order valence-electron chi connectivity index (χ2n) is 12.0. The van der Waals surface area contributed by atoms with E-state index in [1.807, 2.05) is 24.3 Å². The normalized spacial score (nSPS) is 11.8. The third-order valence-corrected chi connectivity index (χ3v) is 10.7. The maximum atomic E-state index is 8.07. The van der Waals surface area contributed by atoms with Crippen LogP contribution >= 0.6 is 11.3 Å². The molecule has 0 radical (unpaired) electrons. The van der Waals surface area contributed by atoms with Crippen LogP contribution in [0.3, 0.4) is 0 Å². The van der Waals surface area contributed by atoms with Gasteiger partial charge in [0.05, 0.1) is 28.0 Å². The Morgan fingerprint density at radius 3 is 2.13 bits per heavy atom. The summed E-state index contributed by atoms with van der Waals surface area (Å²) in [6.07, 6.45) is 0. The first-order valence-electron chi connectivity index (χ1n) is 15.6. The molecule has 0 N–H and O–H groups in total. The van der Waals surface area contributed by atoms with Crippen molar-refractivity contribution in [2.75, 3.05) is 0 Å². The Kier molecular flexibility index (Phi) is 5.51. The van der Waals surface area contributed by atoms with Gasteiger partial charge in [-0.25, -0.2) is 4.85 Å². The third kappa shape index (κ3) is 3.78. The van der Waals surface area contributed by atoms with Gasteiger partial charge in [0.15, 0.2) is 0 Å². The van der Waals surface area contributed by atoms with Crippen LogP contribution in [-0.2, 0) is 0 Å². The first kappa shape index (κ1) is 26.1. The molecule has 10 aromatic rings. The minimum absolute atomic E-state index is 0.675. The Morgan fingerprint density at radius 2 is 1.23 bits per heavy atom. The molecule has 0 fully saturated rings. The molecule has 4 heteroatoms. The van der Waals surface area contributed by atoms with Crippen molar-refractivity contribution < 1.29 is 4.42 Å². The number of hydrogen-bond donors (Lipinski definition) is 0. The lowest BCUT2D eigenvalue weighted by Gasteiger charge is -2.11. The standard InChI is InChI=1S/C43H24N2OS/c1-44-35-23-22-29(28-19-21-33-32-13-6-8-17-39(32)46-40(33)25-28)41-34-14-9-16-37(42(34)47-43(35)41)45-36-15-7-5-12-30(36)31-20-18-27(24-38(31)45)26-10-3-2-4-11-26/h2-25H. The van der Waals surface area contributed by atoms with Crippen LogP contribution in [0.2, 0.25) is 0 Å². The lowest BCUT2D eigenvalue weighted by atomic mass is 9.97. The molecule has 10 rings (SSSR count). The largest absolute Gasteiger partial charge is 0.456 e. The smallest absolute Gasteiger partial charge is 0.204 e. The molecular formula is C43H24N2OS. The molecule has 3 aromatic heterocycles. The van der Waals surface area contributed by atoms with E-state index in [1.165, 1.54) is 32.9 Å². The molecule has 0 aliphatic heterocycles. The number of benzene rings is 7. The second kappa shape index (κ2) is 9.92. The van der Waals surface area contributed by atoms with Crippen molar-refractivity contribution >= 4 is 80.9 Å². The van der Waals surface area contributed by atoms with Crippen molar-refractivity contribution in [1.29, 1.82) is 0 Å². The predicted octanol–water partition coefficient (Wildman–Crippen LogP) is 12.9. The molecule has 0 atom stereocenters. The average Bonchev–Trinajstić information content (AvgIpc) is 3.81. The number of aromatic nitrogens is 1. The van der Waals surface area contributed by atoms with Gasteiger partial charge in [0.2, 0.25) is 5.69 Å². The van der Waals surface area contributed by atoms with E-state index in [2.05, 4.69) is 131 Å². The summed E-state index contributed by atoms with van der Waals surface area (Å²) in [4.78, 5) is 3.98. The highest BCUT2D eigenvalue weighted by molar-refractivity contribution is 7.27. The van der Waals surface area contributed by atoms with Gasteiger partial charge in [-0.2, -0.15) is 0 Å². The van der Waals surface area contributed by atoms with Gasteiger partial charge in [-0.1, -0.05) is 109 Å². The topological polar surface area (TPSA) is 22.4 Å². The summed E-state index contributed by atoms with van der Waals surface area (Å²) in [5.74, 6) is 0. The maximum absolute atomic E-state index is 8.07. The van der Waals surface area contributed by atoms with Crippen molar-refractivity contribution in [2.24, 2.45) is 0 Å². The van der Waals surface area contributed by atoms with E-state index >= 15 is 0 Å². The summed E-state index contributed by atoms with van der Waals surface area (Å²) < 4.78 is 10.9. The molecule has 0 saturated carbocycles. The summed E-state index contributed by atoms with van der Waals surface area (Å²) in [7, 11) is 0. The Morgan fingerprint density at radius 1 is 0.511 bits per heavy atom. The van der Waals surface area contributed by atoms with Gasteiger partial charge < -0.3 is 8.98 Å². The van der Waals surface area contributed by atoms with Gasteiger partial charge in [-0.3, -0.25) is 0 Å². The number of nitrogens with zero attached hydrogens (tertiary/aromatic N) is 2. The Balaban J connectivity index is 1.27. The quantitative estimate of drug-likeness (QED) is 0.181. The number of para-hydroxylation sites is 2. The zero-order valence-electron chi connectivity index (χ0n) is 25.1. The van der Waals surface area contributed by atoms with E-state index in [-0.39, 0.29) is 0 Å². The first-order valence-corrected chi connectivity index (χ1v) is 16.4. The molecule has 47 heavy (non-hydrogen) atoms. The summed E-state index contributed by atoms with van der Waals surface area (Å²) >= 11 is 1.71. The molecule has 218 valence electrons. The lowest BCUT2D eigenvalue weighted by Crippen LogP contribution is -1.94. The molecule has 0 aliphatic carbocycles. The minimum atomic E-state index is 0.675. The number of rotatable bonds is 3.